The maximum absolute atomic E-state index is 10.6. The van der Waals surface area contributed by atoms with E-state index in [1.54, 1.807) is 6.92 Å². The summed E-state index contributed by atoms with van der Waals surface area (Å²) < 4.78 is 15.0. The lowest BCUT2D eigenvalue weighted by Gasteiger charge is -2.19. The molecule has 0 aromatic carbocycles. The van der Waals surface area contributed by atoms with Crippen molar-refractivity contribution in [3.63, 3.8) is 0 Å². The second-order valence-electron chi connectivity index (χ2n) is 7.17. The zero-order chi connectivity index (χ0) is 19.8. The van der Waals surface area contributed by atoms with Gasteiger partial charge in [-0.2, -0.15) is 0 Å². The third kappa shape index (κ3) is 16.0. The molecular formula is C19H40NO5P. The molecule has 0 aliphatic rings. The van der Waals surface area contributed by atoms with Gasteiger partial charge < -0.3 is 20.6 Å². The van der Waals surface area contributed by atoms with Gasteiger partial charge in [0.15, 0.2) is 0 Å². The Labute approximate surface area is 159 Å². The van der Waals surface area contributed by atoms with Crippen LogP contribution in [0.4, 0.5) is 0 Å². The van der Waals surface area contributed by atoms with E-state index in [2.05, 4.69) is 11.4 Å². The van der Waals surface area contributed by atoms with Crippen molar-refractivity contribution in [1.29, 1.82) is 0 Å². The van der Waals surface area contributed by atoms with E-state index < -0.39 is 20.0 Å². The first-order valence-corrected chi connectivity index (χ1v) is 11.6. The van der Waals surface area contributed by atoms with Gasteiger partial charge in [-0.3, -0.25) is 4.52 Å². The van der Waals surface area contributed by atoms with E-state index in [1.807, 2.05) is 6.08 Å². The highest BCUT2D eigenvalue weighted by Gasteiger charge is 2.21. The summed E-state index contributed by atoms with van der Waals surface area (Å²) in [7, 11) is -4.55. The summed E-state index contributed by atoms with van der Waals surface area (Å²) in [4.78, 5) is 17.3. The van der Waals surface area contributed by atoms with Gasteiger partial charge in [0.05, 0.1) is 18.8 Å². The fraction of sp³-hybridized carbons (Fsp3) is 0.895. The number of hydrogen-bond acceptors (Lipinski definition) is 4. The molecule has 0 rings (SSSR count). The molecule has 2 atom stereocenters. The van der Waals surface area contributed by atoms with Gasteiger partial charge in [0.25, 0.3) is 0 Å². The minimum atomic E-state index is -4.55. The molecule has 0 fully saturated rings. The smallest absolute Gasteiger partial charge is 0.387 e. The summed E-state index contributed by atoms with van der Waals surface area (Å²) in [5.41, 5.74) is 6.42. The molecule has 2 unspecified atom stereocenters. The number of allylic oxidation sites excluding steroid dienone is 1. The van der Waals surface area contributed by atoms with E-state index in [0.29, 0.717) is 0 Å². The van der Waals surface area contributed by atoms with E-state index in [-0.39, 0.29) is 6.61 Å². The quantitative estimate of drug-likeness (QED) is 0.165. The molecule has 0 aliphatic heterocycles. The molecule has 0 bridgehead atoms. The number of phosphoric acid groups is 1. The molecule has 0 radical (unpaired) electrons. The van der Waals surface area contributed by atoms with Crippen LogP contribution in [0.2, 0.25) is 0 Å². The SMILES string of the molecule is CCCCCCCCCCCCCC=C(C)C(O)C(N)COP(=O)(O)O. The molecule has 0 spiro atoms. The van der Waals surface area contributed by atoms with Gasteiger partial charge in [-0.25, -0.2) is 4.57 Å². The van der Waals surface area contributed by atoms with Crippen LogP contribution in [0.15, 0.2) is 11.6 Å². The molecule has 5 N–H and O–H groups in total. The zero-order valence-electron chi connectivity index (χ0n) is 16.6. The Morgan fingerprint density at radius 3 is 1.92 bits per heavy atom. The number of aliphatic hydroxyl groups excluding tert-OH is 1. The Hall–Kier alpha value is -0.230. The minimum Gasteiger partial charge on any atom is -0.387 e. The predicted octanol–water partition coefficient (Wildman–Crippen LogP) is 4.43. The van der Waals surface area contributed by atoms with E-state index >= 15 is 0 Å². The highest BCUT2D eigenvalue weighted by atomic mass is 31.2. The molecule has 156 valence electrons. The summed E-state index contributed by atoms with van der Waals surface area (Å²) in [5, 5.41) is 10.0. The van der Waals surface area contributed by atoms with Gasteiger partial charge in [0.1, 0.15) is 0 Å². The third-order valence-corrected chi connectivity index (χ3v) is 5.07. The van der Waals surface area contributed by atoms with Crippen LogP contribution in [-0.4, -0.2) is 33.6 Å². The van der Waals surface area contributed by atoms with Crippen LogP contribution in [0, 0.1) is 0 Å². The first-order chi connectivity index (χ1) is 12.3. The molecule has 7 heteroatoms. The van der Waals surface area contributed by atoms with Gasteiger partial charge in [0, 0.05) is 0 Å². The number of hydrogen-bond donors (Lipinski definition) is 4. The highest BCUT2D eigenvalue weighted by Crippen LogP contribution is 2.35. The Morgan fingerprint density at radius 2 is 1.46 bits per heavy atom. The normalized spacial score (nSPS) is 15.2. The lowest BCUT2D eigenvalue weighted by atomic mass is 10.0. The number of phosphoric ester groups is 1. The largest absolute Gasteiger partial charge is 0.469 e. The van der Waals surface area contributed by atoms with Crippen LogP contribution in [-0.2, 0) is 9.09 Å². The zero-order valence-corrected chi connectivity index (χ0v) is 17.5. The van der Waals surface area contributed by atoms with Crippen molar-refractivity contribution in [3.05, 3.63) is 11.6 Å². The molecule has 0 aliphatic carbocycles. The van der Waals surface area contributed by atoms with Crippen molar-refractivity contribution in [2.24, 2.45) is 5.73 Å². The van der Waals surface area contributed by atoms with E-state index in [9.17, 15) is 9.67 Å². The van der Waals surface area contributed by atoms with Gasteiger partial charge >= 0.3 is 7.82 Å². The van der Waals surface area contributed by atoms with Crippen molar-refractivity contribution in [1.82, 2.24) is 0 Å². The van der Waals surface area contributed by atoms with Gasteiger partial charge in [-0.15, -0.1) is 0 Å². The monoisotopic (exact) mass is 393 g/mol. The number of rotatable bonds is 17. The first kappa shape index (κ1) is 25.8. The summed E-state index contributed by atoms with van der Waals surface area (Å²) >= 11 is 0. The Balaban J connectivity index is 3.66. The summed E-state index contributed by atoms with van der Waals surface area (Å²) in [6.45, 7) is 3.64. The van der Waals surface area contributed by atoms with Gasteiger partial charge in [-0.1, -0.05) is 77.2 Å². The molecule has 0 aromatic heterocycles. The molecule has 0 heterocycles. The van der Waals surface area contributed by atoms with Crippen molar-refractivity contribution in [2.75, 3.05) is 6.61 Å². The van der Waals surface area contributed by atoms with Crippen LogP contribution in [0.5, 0.6) is 0 Å². The fourth-order valence-corrected chi connectivity index (χ4v) is 3.24. The van der Waals surface area contributed by atoms with Crippen molar-refractivity contribution >= 4 is 7.82 Å². The second kappa shape index (κ2) is 15.8. The predicted molar refractivity (Wildman–Crippen MR) is 107 cm³/mol. The fourth-order valence-electron chi connectivity index (χ4n) is 2.87. The topological polar surface area (TPSA) is 113 Å². The van der Waals surface area contributed by atoms with Crippen LogP contribution >= 0.6 is 7.82 Å². The third-order valence-electron chi connectivity index (χ3n) is 4.58. The summed E-state index contributed by atoms with van der Waals surface area (Å²) in [6.07, 6.45) is 16.2. The standard InChI is InChI=1S/C19H40NO5P/c1-3-4-5-6-7-8-9-10-11-12-13-14-15-17(2)19(21)18(20)16-25-26(22,23)24/h15,18-19,21H,3-14,16,20H2,1-2H3,(H2,22,23,24). The Morgan fingerprint density at radius 1 is 1.00 bits per heavy atom. The first-order valence-electron chi connectivity index (χ1n) is 10.1. The molecule has 0 saturated heterocycles. The number of unbranched alkanes of at least 4 members (excludes halogenated alkanes) is 11. The minimum absolute atomic E-state index is 0.380. The van der Waals surface area contributed by atoms with Crippen molar-refractivity contribution in [3.8, 4) is 0 Å². The molecule has 6 nitrogen and oxygen atoms in total. The molecule has 0 amide bonds. The summed E-state index contributed by atoms with van der Waals surface area (Å²) in [5.74, 6) is 0. The van der Waals surface area contributed by atoms with Crippen LogP contribution in [0.25, 0.3) is 0 Å². The summed E-state index contributed by atoms with van der Waals surface area (Å²) in [6, 6.07) is -0.851. The highest BCUT2D eigenvalue weighted by molar-refractivity contribution is 7.46. The second-order valence-corrected chi connectivity index (χ2v) is 8.41. The lowest BCUT2D eigenvalue weighted by molar-refractivity contribution is 0.122. The molecule has 26 heavy (non-hydrogen) atoms. The maximum atomic E-state index is 10.6. The molecule has 0 saturated carbocycles. The van der Waals surface area contributed by atoms with E-state index in [1.165, 1.54) is 64.2 Å². The van der Waals surface area contributed by atoms with E-state index in [0.717, 1.165) is 18.4 Å². The van der Waals surface area contributed by atoms with Crippen molar-refractivity contribution in [2.45, 2.75) is 103 Å². The van der Waals surface area contributed by atoms with Crippen LogP contribution in [0.1, 0.15) is 90.9 Å². The molecular weight excluding hydrogens is 353 g/mol. The van der Waals surface area contributed by atoms with Crippen molar-refractivity contribution < 1.29 is 24.0 Å². The molecule has 0 aromatic rings. The van der Waals surface area contributed by atoms with E-state index in [4.69, 9.17) is 15.5 Å². The average Bonchev–Trinajstić information content (AvgIpc) is 2.59. The average molecular weight is 394 g/mol. The lowest BCUT2D eigenvalue weighted by Crippen LogP contribution is -2.39. The van der Waals surface area contributed by atoms with Gasteiger partial charge in [-0.05, 0) is 25.3 Å². The number of aliphatic hydroxyl groups is 1. The maximum Gasteiger partial charge on any atom is 0.469 e. The Bertz CT molecular complexity index is 411. The Kier molecular flexibility index (Phi) is 15.7. The van der Waals surface area contributed by atoms with Crippen LogP contribution in [0.3, 0.4) is 0 Å². The van der Waals surface area contributed by atoms with Crippen LogP contribution < -0.4 is 5.73 Å². The number of nitrogens with two attached hydrogens (primary N) is 1. The van der Waals surface area contributed by atoms with Gasteiger partial charge in [0.2, 0.25) is 0 Å².